The van der Waals surface area contributed by atoms with Crippen molar-refractivity contribution in [1.82, 2.24) is 9.97 Å². The molecular formula is C20H20N4O3. The number of anilines is 3. The number of aromatic nitrogens is 2. The third-order valence-corrected chi connectivity index (χ3v) is 3.65. The lowest BCUT2D eigenvalue weighted by molar-refractivity contribution is 0.102. The highest BCUT2D eigenvalue weighted by atomic mass is 16.5. The summed E-state index contributed by atoms with van der Waals surface area (Å²) in [6.07, 6.45) is 1.53. The molecule has 0 aliphatic heterocycles. The van der Waals surface area contributed by atoms with Crippen LogP contribution in [0.1, 0.15) is 17.4 Å². The van der Waals surface area contributed by atoms with Crippen LogP contribution in [0.3, 0.4) is 0 Å². The SMILES string of the molecule is CCOc1ccccc1Nc1nccc(C(=O)Nc2cccc(OC)c2)n1. The number of hydrogen-bond donors (Lipinski definition) is 2. The zero-order chi connectivity index (χ0) is 19.1. The Kier molecular flexibility index (Phi) is 5.84. The summed E-state index contributed by atoms with van der Waals surface area (Å²) in [6, 6.07) is 16.1. The minimum atomic E-state index is -0.341. The first-order valence-electron chi connectivity index (χ1n) is 8.47. The van der Waals surface area contributed by atoms with E-state index >= 15 is 0 Å². The molecule has 0 atom stereocenters. The molecule has 0 unspecified atom stereocenters. The van der Waals surface area contributed by atoms with Crippen molar-refractivity contribution in [3.63, 3.8) is 0 Å². The van der Waals surface area contributed by atoms with Crippen LogP contribution in [0.4, 0.5) is 17.3 Å². The summed E-state index contributed by atoms with van der Waals surface area (Å²) in [7, 11) is 1.57. The van der Waals surface area contributed by atoms with Crippen molar-refractivity contribution in [2.45, 2.75) is 6.92 Å². The fraction of sp³-hybridized carbons (Fsp3) is 0.150. The summed E-state index contributed by atoms with van der Waals surface area (Å²) in [5, 5.41) is 5.88. The Hall–Kier alpha value is -3.61. The van der Waals surface area contributed by atoms with Crippen molar-refractivity contribution in [2.75, 3.05) is 24.4 Å². The van der Waals surface area contributed by atoms with E-state index in [0.29, 0.717) is 29.7 Å². The second-order valence-electron chi connectivity index (χ2n) is 5.51. The first-order valence-corrected chi connectivity index (χ1v) is 8.47. The number of rotatable bonds is 7. The van der Waals surface area contributed by atoms with Gasteiger partial charge in [-0.15, -0.1) is 0 Å². The lowest BCUT2D eigenvalue weighted by Crippen LogP contribution is -2.14. The van der Waals surface area contributed by atoms with Gasteiger partial charge in [0.1, 0.15) is 17.2 Å². The molecule has 0 radical (unpaired) electrons. The first-order chi connectivity index (χ1) is 13.2. The molecule has 138 valence electrons. The highest BCUT2D eigenvalue weighted by molar-refractivity contribution is 6.03. The zero-order valence-electron chi connectivity index (χ0n) is 15.1. The van der Waals surface area contributed by atoms with Gasteiger partial charge in [0.2, 0.25) is 5.95 Å². The van der Waals surface area contributed by atoms with E-state index in [-0.39, 0.29) is 11.6 Å². The van der Waals surface area contributed by atoms with Gasteiger partial charge in [-0.1, -0.05) is 18.2 Å². The molecule has 0 aliphatic rings. The molecule has 3 aromatic rings. The molecule has 7 heteroatoms. The molecule has 1 aromatic heterocycles. The normalized spacial score (nSPS) is 10.1. The monoisotopic (exact) mass is 364 g/mol. The molecular weight excluding hydrogens is 344 g/mol. The molecule has 0 aliphatic carbocycles. The van der Waals surface area contributed by atoms with Crippen molar-refractivity contribution in [3.8, 4) is 11.5 Å². The summed E-state index contributed by atoms with van der Waals surface area (Å²) in [6.45, 7) is 2.46. The van der Waals surface area contributed by atoms with Gasteiger partial charge in [-0.3, -0.25) is 4.79 Å². The average Bonchev–Trinajstić information content (AvgIpc) is 2.70. The molecule has 0 saturated heterocycles. The van der Waals surface area contributed by atoms with Crippen LogP contribution in [-0.2, 0) is 0 Å². The molecule has 27 heavy (non-hydrogen) atoms. The van der Waals surface area contributed by atoms with E-state index in [4.69, 9.17) is 9.47 Å². The van der Waals surface area contributed by atoms with E-state index in [1.165, 1.54) is 6.20 Å². The average molecular weight is 364 g/mol. The van der Waals surface area contributed by atoms with Crippen LogP contribution in [0, 0.1) is 0 Å². The van der Waals surface area contributed by atoms with E-state index in [9.17, 15) is 4.79 Å². The van der Waals surface area contributed by atoms with Crippen molar-refractivity contribution >= 4 is 23.2 Å². The van der Waals surface area contributed by atoms with E-state index in [0.717, 1.165) is 5.69 Å². The number of nitrogens with one attached hydrogen (secondary N) is 2. The number of hydrogen-bond acceptors (Lipinski definition) is 6. The highest BCUT2D eigenvalue weighted by Gasteiger charge is 2.11. The van der Waals surface area contributed by atoms with Crippen molar-refractivity contribution in [1.29, 1.82) is 0 Å². The third kappa shape index (κ3) is 4.72. The molecule has 0 bridgehead atoms. The Bertz CT molecular complexity index is 930. The molecule has 7 nitrogen and oxygen atoms in total. The Morgan fingerprint density at radius 3 is 2.78 bits per heavy atom. The smallest absolute Gasteiger partial charge is 0.274 e. The maximum Gasteiger partial charge on any atom is 0.274 e. The summed E-state index contributed by atoms with van der Waals surface area (Å²) < 4.78 is 10.7. The molecule has 0 fully saturated rings. The lowest BCUT2D eigenvalue weighted by atomic mass is 10.3. The minimum absolute atomic E-state index is 0.240. The Balaban J connectivity index is 1.76. The predicted octanol–water partition coefficient (Wildman–Crippen LogP) is 3.88. The van der Waals surface area contributed by atoms with Crippen molar-refractivity contribution < 1.29 is 14.3 Å². The summed E-state index contributed by atoms with van der Waals surface area (Å²) in [5.41, 5.74) is 1.59. The topological polar surface area (TPSA) is 85.4 Å². The number of carbonyl (C=O) groups excluding carboxylic acids is 1. The molecule has 2 N–H and O–H groups in total. The van der Waals surface area contributed by atoms with Crippen LogP contribution in [0.15, 0.2) is 60.8 Å². The maximum atomic E-state index is 12.5. The molecule has 0 saturated carbocycles. The number of carbonyl (C=O) groups is 1. The number of benzene rings is 2. The summed E-state index contributed by atoms with van der Waals surface area (Å²) in [4.78, 5) is 21.0. The third-order valence-electron chi connectivity index (χ3n) is 3.65. The second kappa shape index (κ2) is 8.66. The van der Waals surface area contributed by atoms with Gasteiger partial charge < -0.3 is 20.1 Å². The molecule has 3 rings (SSSR count). The Morgan fingerprint density at radius 1 is 1.11 bits per heavy atom. The van der Waals surface area contributed by atoms with E-state index in [2.05, 4.69) is 20.6 Å². The highest BCUT2D eigenvalue weighted by Crippen LogP contribution is 2.26. The Morgan fingerprint density at radius 2 is 1.96 bits per heavy atom. The predicted molar refractivity (Wildman–Crippen MR) is 104 cm³/mol. The van der Waals surface area contributed by atoms with Gasteiger partial charge in [-0.25, -0.2) is 9.97 Å². The van der Waals surface area contributed by atoms with Gasteiger partial charge in [0.05, 0.1) is 19.4 Å². The van der Waals surface area contributed by atoms with Crippen LogP contribution < -0.4 is 20.1 Å². The van der Waals surface area contributed by atoms with Gasteiger partial charge in [0, 0.05) is 18.0 Å². The number of nitrogens with zero attached hydrogens (tertiary/aromatic N) is 2. The standard InChI is InChI=1S/C20H20N4O3/c1-3-27-18-10-5-4-9-16(18)23-20-21-12-11-17(24-20)19(25)22-14-7-6-8-15(13-14)26-2/h4-13H,3H2,1-2H3,(H,22,25)(H,21,23,24). The van der Waals surface area contributed by atoms with Gasteiger partial charge in [0.25, 0.3) is 5.91 Å². The quantitative estimate of drug-likeness (QED) is 0.662. The van der Waals surface area contributed by atoms with Gasteiger partial charge in [0.15, 0.2) is 0 Å². The number of amides is 1. The first kappa shape index (κ1) is 18.2. The number of ether oxygens (including phenoxy) is 2. The van der Waals surface area contributed by atoms with Crippen molar-refractivity contribution in [2.24, 2.45) is 0 Å². The summed E-state index contributed by atoms with van der Waals surface area (Å²) in [5.74, 6) is 1.31. The van der Waals surface area contributed by atoms with Gasteiger partial charge >= 0.3 is 0 Å². The van der Waals surface area contributed by atoms with Crippen molar-refractivity contribution in [3.05, 3.63) is 66.5 Å². The fourth-order valence-corrected chi connectivity index (χ4v) is 2.41. The molecule has 1 amide bonds. The zero-order valence-corrected chi connectivity index (χ0v) is 15.1. The Labute approximate surface area is 157 Å². The van der Waals surface area contributed by atoms with Gasteiger partial charge in [-0.05, 0) is 37.3 Å². The number of methoxy groups -OCH3 is 1. The lowest BCUT2D eigenvalue weighted by Gasteiger charge is -2.11. The minimum Gasteiger partial charge on any atom is -0.497 e. The summed E-state index contributed by atoms with van der Waals surface area (Å²) >= 11 is 0. The van der Waals surface area contributed by atoms with Gasteiger partial charge in [-0.2, -0.15) is 0 Å². The van der Waals surface area contributed by atoms with Crippen LogP contribution >= 0.6 is 0 Å². The number of para-hydroxylation sites is 2. The largest absolute Gasteiger partial charge is 0.497 e. The van der Waals surface area contributed by atoms with Crippen LogP contribution in [0.2, 0.25) is 0 Å². The van der Waals surface area contributed by atoms with Crippen LogP contribution in [-0.4, -0.2) is 29.6 Å². The molecule has 2 aromatic carbocycles. The molecule has 0 spiro atoms. The molecule has 1 heterocycles. The second-order valence-corrected chi connectivity index (χ2v) is 5.51. The van der Waals surface area contributed by atoms with Crippen LogP contribution in [0.25, 0.3) is 0 Å². The fourth-order valence-electron chi connectivity index (χ4n) is 2.41. The van der Waals surface area contributed by atoms with E-state index in [1.807, 2.05) is 31.2 Å². The van der Waals surface area contributed by atoms with E-state index < -0.39 is 0 Å². The maximum absolute atomic E-state index is 12.5. The van der Waals surface area contributed by atoms with E-state index in [1.54, 1.807) is 37.4 Å². The van der Waals surface area contributed by atoms with Crippen LogP contribution in [0.5, 0.6) is 11.5 Å².